The lowest BCUT2D eigenvalue weighted by atomic mass is 10.1. The second kappa shape index (κ2) is 4.82. The van der Waals surface area contributed by atoms with E-state index in [2.05, 4.69) is 0 Å². The zero-order valence-electron chi connectivity index (χ0n) is 7.72. The van der Waals surface area contributed by atoms with Crippen LogP contribution < -0.4 is 10.5 Å². The van der Waals surface area contributed by atoms with Crippen molar-refractivity contribution in [3.63, 3.8) is 0 Å². The fourth-order valence-electron chi connectivity index (χ4n) is 1.18. The van der Waals surface area contributed by atoms with Crippen molar-refractivity contribution < 1.29 is 9.13 Å². The highest BCUT2D eigenvalue weighted by Gasteiger charge is 2.03. The largest absolute Gasteiger partial charge is 0.493 e. The summed E-state index contributed by atoms with van der Waals surface area (Å²) < 4.78 is 18.1. The molecule has 72 valence electrons. The van der Waals surface area contributed by atoms with Gasteiger partial charge in [-0.15, -0.1) is 0 Å². The van der Waals surface area contributed by atoms with E-state index in [1.165, 1.54) is 12.1 Å². The molecule has 0 atom stereocenters. The molecule has 1 aromatic rings. The van der Waals surface area contributed by atoms with E-state index in [0.29, 0.717) is 18.9 Å². The molecule has 0 aliphatic heterocycles. The Balaban J connectivity index is 2.89. The Morgan fingerprint density at radius 2 is 2.23 bits per heavy atom. The predicted molar refractivity (Wildman–Crippen MR) is 50.3 cm³/mol. The quantitative estimate of drug-likeness (QED) is 0.771. The summed E-state index contributed by atoms with van der Waals surface area (Å²) in [5.74, 6) is 0.331. The minimum atomic E-state index is -0.274. The number of rotatable bonds is 4. The van der Waals surface area contributed by atoms with Gasteiger partial charge in [0, 0.05) is 6.07 Å². The highest BCUT2D eigenvalue weighted by Crippen LogP contribution is 2.20. The fraction of sp³-hybridized carbons (Fsp3) is 0.400. The van der Waals surface area contributed by atoms with Crippen LogP contribution in [0.2, 0.25) is 0 Å². The Morgan fingerprint density at radius 1 is 1.46 bits per heavy atom. The van der Waals surface area contributed by atoms with Crippen LogP contribution in [0.4, 0.5) is 4.39 Å². The number of hydrogen-bond donors (Lipinski definition) is 1. The van der Waals surface area contributed by atoms with Crippen molar-refractivity contribution in [1.82, 2.24) is 0 Å². The maximum absolute atomic E-state index is 12.8. The standard InChI is InChI=1S/C10H14FNO/c1-2-13-10-7-9(11)4-3-8(10)5-6-12/h3-4,7H,2,5-6,12H2,1H3. The third-order valence-electron chi connectivity index (χ3n) is 1.74. The third-order valence-corrected chi connectivity index (χ3v) is 1.74. The minimum Gasteiger partial charge on any atom is -0.493 e. The Hall–Kier alpha value is -1.09. The highest BCUT2D eigenvalue weighted by atomic mass is 19.1. The Morgan fingerprint density at radius 3 is 2.85 bits per heavy atom. The molecule has 0 spiro atoms. The summed E-state index contributed by atoms with van der Waals surface area (Å²) in [5.41, 5.74) is 6.38. The van der Waals surface area contributed by atoms with Crippen molar-refractivity contribution in [2.45, 2.75) is 13.3 Å². The van der Waals surface area contributed by atoms with Crippen molar-refractivity contribution in [2.24, 2.45) is 5.73 Å². The van der Waals surface area contributed by atoms with Crippen LogP contribution in [0.3, 0.4) is 0 Å². The number of halogens is 1. The molecule has 0 saturated carbocycles. The van der Waals surface area contributed by atoms with Crippen LogP contribution in [-0.4, -0.2) is 13.2 Å². The lowest BCUT2D eigenvalue weighted by Gasteiger charge is -2.08. The van der Waals surface area contributed by atoms with E-state index < -0.39 is 0 Å². The average molecular weight is 183 g/mol. The van der Waals surface area contributed by atoms with Gasteiger partial charge in [0.2, 0.25) is 0 Å². The molecule has 0 bridgehead atoms. The van der Waals surface area contributed by atoms with Gasteiger partial charge in [0.15, 0.2) is 0 Å². The van der Waals surface area contributed by atoms with E-state index in [9.17, 15) is 4.39 Å². The lowest BCUT2D eigenvalue weighted by molar-refractivity contribution is 0.334. The maximum Gasteiger partial charge on any atom is 0.126 e. The smallest absolute Gasteiger partial charge is 0.126 e. The molecule has 0 amide bonds. The molecule has 0 aliphatic rings. The van der Waals surface area contributed by atoms with Gasteiger partial charge in [-0.25, -0.2) is 4.39 Å². The van der Waals surface area contributed by atoms with E-state index >= 15 is 0 Å². The van der Waals surface area contributed by atoms with Gasteiger partial charge < -0.3 is 10.5 Å². The van der Waals surface area contributed by atoms with Crippen LogP contribution in [0.25, 0.3) is 0 Å². The first kappa shape index (κ1) is 9.99. The van der Waals surface area contributed by atoms with Crippen LogP contribution in [-0.2, 0) is 6.42 Å². The van der Waals surface area contributed by atoms with Crippen LogP contribution in [0.5, 0.6) is 5.75 Å². The van der Waals surface area contributed by atoms with Crippen LogP contribution in [0.15, 0.2) is 18.2 Å². The van der Waals surface area contributed by atoms with Crippen molar-refractivity contribution >= 4 is 0 Å². The van der Waals surface area contributed by atoms with Gasteiger partial charge in [-0.1, -0.05) is 6.07 Å². The van der Waals surface area contributed by atoms with Gasteiger partial charge in [-0.05, 0) is 31.5 Å². The summed E-state index contributed by atoms with van der Waals surface area (Å²) >= 11 is 0. The first-order valence-electron chi connectivity index (χ1n) is 4.39. The summed E-state index contributed by atoms with van der Waals surface area (Å²) in [7, 11) is 0. The zero-order chi connectivity index (χ0) is 9.68. The van der Waals surface area contributed by atoms with E-state index in [0.717, 1.165) is 12.0 Å². The molecule has 0 unspecified atom stereocenters. The molecular formula is C10H14FNO. The van der Waals surface area contributed by atoms with E-state index in [-0.39, 0.29) is 5.82 Å². The van der Waals surface area contributed by atoms with Gasteiger partial charge in [-0.3, -0.25) is 0 Å². The maximum atomic E-state index is 12.8. The Kier molecular flexibility index (Phi) is 3.71. The minimum absolute atomic E-state index is 0.274. The summed E-state index contributed by atoms with van der Waals surface area (Å²) in [6.45, 7) is 2.96. The Labute approximate surface area is 77.5 Å². The monoisotopic (exact) mass is 183 g/mol. The molecule has 0 aromatic heterocycles. The number of benzene rings is 1. The van der Waals surface area contributed by atoms with Crippen LogP contribution in [0, 0.1) is 5.82 Å². The van der Waals surface area contributed by atoms with Crippen molar-refractivity contribution in [2.75, 3.05) is 13.2 Å². The predicted octanol–water partition coefficient (Wildman–Crippen LogP) is 1.73. The molecular weight excluding hydrogens is 169 g/mol. The summed E-state index contributed by atoms with van der Waals surface area (Å²) in [6, 6.07) is 4.54. The van der Waals surface area contributed by atoms with Gasteiger partial charge in [0.05, 0.1) is 6.61 Å². The number of nitrogens with two attached hydrogens (primary N) is 1. The van der Waals surface area contributed by atoms with Crippen molar-refractivity contribution in [3.8, 4) is 5.75 Å². The molecule has 1 rings (SSSR count). The van der Waals surface area contributed by atoms with Crippen molar-refractivity contribution in [1.29, 1.82) is 0 Å². The normalized spacial score (nSPS) is 10.1. The van der Waals surface area contributed by atoms with Gasteiger partial charge in [0.1, 0.15) is 11.6 Å². The molecule has 1 aromatic carbocycles. The first-order chi connectivity index (χ1) is 6.27. The molecule has 2 nitrogen and oxygen atoms in total. The topological polar surface area (TPSA) is 35.2 Å². The van der Waals surface area contributed by atoms with E-state index in [1.807, 2.05) is 6.92 Å². The SMILES string of the molecule is CCOc1cc(F)ccc1CCN. The number of ether oxygens (including phenoxy) is 1. The second-order valence-corrected chi connectivity index (χ2v) is 2.72. The van der Waals surface area contributed by atoms with E-state index in [4.69, 9.17) is 10.5 Å². The first-order valence-corrected chi connectivity index (χ1v) is 4.39. The van der Waals surface area contributed by atoms with E-state index in [1.54, 1.807) is 6.07 Å². The Bertz CT molecular complexity index is 276. The molecule has 0 fully saturated rings. The van der Waals surface area contributed by atoms with Crippen LogP contribution in [0.1, 0.15) is 12.5 Å². The third kappa shape index (κ3) is 2.70. The molecule has 0 radical (unpaired) electrons. The molecule has 13 heavy (non-hydrogen) atoms. The second-order valence-electron chi connectivity index (χ2n) is 2.72. The van der Waals surface area contributed by atoms with Gasteiger partial charge in [0.25, 0.3) is 0 Å². The zero-order valence-corrected chi connectivity index (χ0v) is 7.72. The number of hydrogen-bond acceptors (Lipinski definition) is 2. The summed E-state index contributed by atoms with van der Waals surface area (Å²) in [4.78, 5) is 0. The highest BCUT2D eigenvalue weighted by molar-refractivity contribution is 5.34. The van der Waals surface area contributed by atoms with Gasteiger partial charge in [-0.2, -0.15) is 0 Å². The molecule has 3 heteroatoms. The van der Waals surface area contributed by atoms with Gasteiger partial charge >= 0.3 is 0 Å². The molecule has 0 aliphatic carbocycles. The molecule has 0 heterocycles. The summed E-state index contributed by atoms with van der Waals surface area (Å²) in [5, 5.41) is 0. The lowest BCUT2D eigenvalue weighted by Crippen LogP contribution is -2.05. The average Bonchev–Trinajstić information content (AvgIpc) is 2.10. The summed E-state index contributed by atoms with van der Waals surface area (Å²) in [6.07, 6.45) is 0.718. The molecule has 2 N–H and O–H groups in total. The molecule has 0 saturated heterocycles. The fourth-order valence-corrected chi connectivity index (χ4v) is 1.18. The van der Waals surface area contributed by atoms with Crippen molar-refractivity contribution in [3.05, 3.63) is 29.6 Å². The van der Waals surface area contributed by atoms with Crippen LogP contribution >= 0.6 is 0 Å².